The van der Waals surface area contributed by atoms with Gasteiger partial charge in [-0.05, 0) is 90.6 Å². The number of rotatable bonds is 14. The number of thioether (sulfide) groups is 2. The molecule has 234 valence electrons. The minimum absolute atomic E-state index is 0.173. The molecular formula is C32H35F5O4S2. The van der Waals surface area contributed by atoms with Crippen LogP contribution in [0.15, 0.2) is 71.6 Å². The summed E-state index contributed by atoms with van der Waals surface area (Å²) in [7, 11) is 0. The Labute approximate surface area is 257 Å². The van der Waals surface area contributed by atoms with E-state index in [-0.39, 0.29) is 35.0 Å². The highest BCUT2D eigenvalue weighted by Gasteiger charge is 2.56. The molecule has 2 atom stereocenters. The molecule has 11 heteroatoms. The molecule has 1 unspecified atom stereocenters. The van der Waals surface area contributed by atoms with Gasteiger partial charge in [-0.1, -0.05) is 25.1 Å². The van der Waals surface area contributed by atoms with Crippen LogP contribution < -0.4 is 9.47 Å². The van der Waals surface area contributed by atoms with Gasteiger partial charge in [0.05, 0.1) is 13.2 Å². The van der Waals surface area contributed by atoms with Crippen molar-refractivity contribution in [2.75, 3.05) is 30.5 Å². The Hall–Kier alpha value is -2.79. The maximum atomic E-state index is 12.9. The Bertz CT molecular complexity index is 1320. The highest BCUT2D eigenvalue weighted by Crippen LogP contribution is 2.52. The third-order valence-corrected chi connectivity index (χ3v) is 10.1. The number of hydrogen-bond donors (Lipinski definition) is 2. The fourth-order valence-corrected chi connectivity index (χ4v) is 7.33. The summed E-state index contributed by atoms with van der Waals surface area (Å²) in [6.45, 7) is 3.06. The normalized spacial score (nSPS) is 18.7. The number of benzene rings is 3. The van der Waals surface area contributed by atoms with Gasteiger partial charge in [0.2, 0.25) is 0 Å². The van der Waals surface area contributed by atoms with Crippen LogP contribution >= 0.6 is 23.5 Å². The molecule has 3 aromatic carbocycles. The molecule has 0 bridgehead atoms. The van der Waals surface area contributed by atoms with Crippen LogP contribution in [0.2, 0.25) is 0 Å². The number of phenolic OH excluding ortho intramolecular Hbond substituents is 2. The first kappa shape index (κ1) is 33.1. The van der Waals surface area contributed by atoms with Crippen LogP contribution in [-0.4, -0.2) is 52.8 Å². The van der Waals surface area contributed by atoms with Crippen LogP contribution in [0.3, 0.4) is 0 Å². The van der Waals surface area contributed by atoms with E-state index in [4.69, 9.17) is 9.47 Å². The summed E-state index contributed by atoms with van der Waals surface area (Å²) in [4.78, 5) is 1.08. The number of fused-ring (bicyclic) bond motifs is 1. The molecule has 4 nitrogen and oxygen atoms in total. The third-order valence-electron chi connectivity index (χ3n) is 7.62. The number of halogens is 5. The molecule has 1 heterocycles. The minimum atomic E-state index is -5.50. The maximum absolute atomic E-state index is 12.9. The molecule has 0 aliphatic carbocycles. The number of ether oxygens (including phenoxy) is 2. The second-order valence-corrected chi connectivity index (χ2v) is 13.0. The van der Waals surface area contributed by atoms with Crippen molar-refractivity contribution in [2.45, 2.75) is 60.9 Å². The minimum Gasteiger partial charge on any atom is -0.508 e. The Balaban J connectivity index is 1.22. The summed E-state index contributed by atoms with van der Waals surface area (Å²) in [5.74, 6) is -1.16. The topological polar surface area (TPSA) is 58.9 Å². The van der Waals surface area contributed by atoms with Crippen LogP contribution in [0.4, 0.5) is 22.0 Å². The van der Waals surface area contributed by atoms with Gasteiger partial charge in [0, 0.05) is 28.2 Å². The van der Waals surface area contributed by atoms with E-state index >= 15 is 0 Å². The molecule has 1 aliphatic rings. The molecule has 3 aromatic rings. The van der Waals surface area contributed by atoms with Gasteiger partial charge >= 0.3 is 12.1 Å². The van der Waals surface area contributed by atoms with Crippen LogP contribution in [0.1, 0.15) is 49.7 Å². The maximum Gasteiger partial charge on any atom is 0.453 e. The van der Waals surface area contributed by atoms with Crippen molar-refractivity contribution >= 4 is 23.5 Å². The molecule has 0 aromatic heterocycles. The predicted octanol–water partition coefficient (Wildman–Crippen LogP) is 9.19. The van der Waals surface area contributed by atoms with Gasteiger partial charge in [0.15, 0.2) is 0 Å². The SMILES string of the molecule is C[C@]1(c2ccc(O)cc2)CSc2cc(O)ccc2C1CCCOc1ccc(OCCSCCCC(F)(F)C(F)(F)F)cc1. The number of aromatic hydroxyl groups is 2. The highest BCUT2D eigenvalue weighted by atomic mass is 32.2. The monoisotopic (exact) mass is 642 g/mol. The fraction of sp³-hybridized carbons (Fsp3) is 0.438. The Morgan fingerprint density at radius 1 is 0.837 bits per heavy atom. The fourth-order valence-electron chi connectivity index (χ4n) is 5.18. The van der Waals surface area contributed by atoms with Crippen LogP contribution in [0, 0.1) is 0 Å². The number of alkyl halides is 5. The van der Waals surface area contributed by atoms with Crippen LogP contribution in [0.25, 0.3) is 0 Å². The average molecular weight is 643 g/mol. The number of hydrogen-bond acceptors (Lipinski definition) is 6. The first-order valence-corrected chi connectivity index (χ1v) is 16.2. The van der Waals surface area contributed by atoms with E-state index in [2.05, 4.69) is 6.92 Å². The molecular weight excluding hydrogens is 607 g/mol. The molecule has 0 spiro atoms. The standard InChI is InChI=1S/C32H35F5O4S2/c1-30(22-5-7-23(38)8-6-22)21-43-29-20-24(39)9-14-27(29)28(30)4-2-16-40-25-10-12-26(13-11-25)41-17-19-42-18-3-15-31(33,34)32(35,36)37/h5-14,20,28,38-39H,2-4,15-19,21H2,1H3/t28?,30-/m1/s1. The summed E-state index contributed by atoms with van der Waals surface area (Å²) in [5, 5.41) is 19.8. The summed E-state index contributed by atoms with van der Waals surface area (Å²) in [5.41, 5.74) is 2.18. The van der Waals surface area contributed by atoms with Crippen molar-refractivity contribution in [3.63, 3.8) is 0 Å². The molecule has 0 saturated heterocycles. The van der Waals surface area contributed by atoms with Crippen molar-refractivity contribution < 1.29 is 41.6 Å². The molecule has 4 rings (SSSR count). The molecule has 1 aliphatic heterocycles. The first-order chi connectivity index (χ1) is 20.4. The second kappa shape index (κ2) is 14.3. The van der Waals surface area contributed by atoms with E-state index in [0.29, 0.717) is 30.5 Å². The van der Waals surface area contributed by atoms with Crippen molar-refractivity contribution in [1.82, 2.24) is 0 Å². The zero-order valence-electron chi connectivity index (χ0n) is 23.7. The highest BCUT2D eigenvalue weighted by molar-refractivity contribution is 7.99. The Morgan fingerprint density at radius 3 is 2.12 bits per heavy atom. The van der Waals surface area contributed by atoms with Gasteiger partial charge in [0.1, 0.15) is 23.0 Å². The Morgan fingerprint density at radius 2 is 1.47 bits per heavy atom. The van der Waals surface area contributed by atoms with E-state index < -0.39 is 18.5 Å². The smallest absolute Gasteiger partial charge is 0.453 e. The summed E-state index contributed by atoms with van der Waals surface area (Å²) in [6, 6.07) is 20.1. The quantitative estimate of drug-likeness (QED) is 0.135. The molecule has 0 amide bonds. The van der Waals surface area contributed by atoms with Crippen molar-refractivity contribution in [3.05, 3.63) is 77.9 Å². The van der Waals surface area contributed by atoms with Gasteiger partial charge in [0.25, 0.3) is 0 Å². The summed E-state index contributed by atoms with van der Waals surface area (Å²) < 4.78 is 74.1. The number of phenols is 2. The van der Waals surface area contributed by atoms with E-state index in [1.807, 2.05) is 24.3 Å². The summed E-state index contributed by atoms with van der Waals surface area (Å²) in [6.07, 6.45) is -5.27. The second-order valence-electron chi connectivity index (χ2n) is 10.8. The van der Waals surface area contributed by atoms with E-state index in [1.165, 1.54) is 17.3 Å². The van der Waals surface area contributed by atoms with E-state index in [1.54, 1.807) is 54.2 Å². The first-order valence-electron chi connectivity index (χ1n) is 14.0. The van der Waals surface area contributed by atoms with Crippen molar-refractivity contribution in [1.29, 1.82) is 0 Å². The van der Waals surface area contributed by atoms with Crippen molar-refractivity contribution in [3.8, 4) is 23.0 Å². The lowest BCUT2D eigenvalue weighted by molar-refractivity contribution is -0.284. The molecule has 0 saturated carbocycles. The molecule has 2 N–H and O–H groups in total. The average Bonchev–Trinajstić information content (AvgIpc) is 2.96. The molecule has 0 radical (unpaired) electrons. The molecule has 0 fully saturated rings. The van der Waals surface area contributed by atoms with Crippen molar-refractivity contribution in [2.24, 2.45) is 0 Å². The van der Waals surface area contributed by atoms with Gasteiger partial charge in [-0.3, -0.25) is 0 Å². The summed E-state index contributed by atoms with van der Waals surface area (Å²) >= 11 is 3.00. The lowest BCUT2D eigenvalue weighted by Crippen LogP contribution is -2.36. The zero-order chi connectivity index (χ0) is 31.1. The van der Waals surface area contributed by atoms with Gasteiger partial charge in [-0.15, -0.1) is 11.8 Å². The van der Waals surface area contributed by atoms with Gasteiger partial charge < -0.3 is 19.7 Å². The largest absolute Gasteiger partial charge is 0.508 e. The van der Waals surface area contributed by atoms with Crippen LogP contribution in [-0.2, 0) is 5.41 Å². The van der Waals surface area contributed by atoms with Gasteiger partial charge in [-0.25, -0.2) is 0 Å². The lowest BCUT2D eigenvalue weighted by atomic mass is 9.68. The molecule has 43 heavy (non-hydrogen) atoms. The van der Waals surface area contributed by atoms with Crippen LogP contribution in [0.5, 0.6) is 23.0 Å². The lowest BCUT2D eigenvalue weighted by Gasteiger charge is -2.43. The van der Waals surface area contributed by atoms with E-state index in [9.17, 15) is 32.2 Å². The zero-order valence-corrected chi connectivity index (χ0v) is 25.3. The third kappa shape index (κ3) is 8.65. The van der Waals surface area contributed by atoms with Gasteiger partial charge in [-0.2, -0.15) is 33.7 Å². The Kier molecular flexibility index (Phi) is 11.0. The van der Waals surface area contributed by atoms with E-state index in [0.717, 1.165) is 29.1 Å². The predicted molar refractivity (Wildman–Crippen MR) is 161 cm³/mol.